The topological polar surface area (TPSA) is 72.7 Å². The summed E-state index contributed by atoms with van der Waals surface area (Å²) in [5.74, 6) is 1.64. The number of nitrogens with zero attached hydrogens (tertiary/aromatic N) is 5. The van der Waals surface area contributed by atoms with E-state index in [0.717, 1.165) is 33.8 Å². The fraction of sp³-hybridized carbons (Fsp3) is 0.414. The van der Waals surface area contributed by atoms with Crippen LogP contribution in [0.5, 0.6) is 5.75 Å². The molecule has 3 aromatic rings. The smallest absolute Gasteiger partial charge is 0.410 e. The van der Waals surface area contributed by atoms with Crippen molar-refractivity contribution in [1.82, 2.24) is 24.3 Å². The lowest BCUT2D eigenvalue weighted by molar-refractivity contribution is 0.0118. The molecule has 8 nitrogen and oxygen atoms in total. The van der Waals surface area contributed by atoms with E-state index in [1.54, 1.807) is 18.2 Å². The number of amides is 1. The predicted molar refractivity (Wildman–Crippen MR) is 148 cm³/mol. The van der Waals surface area contributed by atoms with Gasteiger partial charge in [0.2, 0.25) is 0 Å². The zero-order chi connectivity index (χ0) is 27.0. The molecule has 0 N–H and O–H groups in total. The number of ether oxygens (including phenoxy) is 2. The van der Waals surface area contributed by atoms with Crippen LogP contribution < -0.4 is 4.74 Å². The normalized spacial score (nSPS) is 17.8. The highest BCUT2D eigenvalue weighted by Gasteiger charge is 2.35. The van der Waals surface area contributed by atoms with Gasteiger partial charge >= 0.3 is 6.09 Å². The van der Waals surface area contributed by atoms with Crippen molar-refractivity contribution in [2.75, 3.05) is 33.3 Å². The van der Waals surface area contributed by atoms with Crippen LogP contribution in [0.1, 0.15) is 55.0 Å². The van der Waals surface area contributed by atoms with Crippen molar-refractivity contribution in [3.05, 3.63) is 76.1 Å². The molecule has 1 aliphatic carbocycles. The van der Waals surface area contributed by atoms with Crippen LogP contribution in [0.3, 0.4) is 0 Å². The molecule has 2 aliphatic rings. The van der Waals surface area contributed by atoms with E-state index in [0.29, 0.717) is 43.5 Å². The van der Waals surface area contributed by atoms with E-state index in [2.05, 4.69) is 32.7 Å². The lowest BCUT2D eigenvalue weighted by atomic mass is 9.95. The van der Waals surface area contributed by atoms with Crippen LogP contribution in [0.25, 0.3) is 11.6 Å². The molecule has 38 heavy (non-hydrogen) atoms. The Hall–Kier alpha value is -3.36. The Morgan fingerprint density at radius 1 is 1.13 bits per heavy atom. The molecule has 1 atom stereocenters. The molecule has 0 saturated carbocycles. The maximum atomic E-state index is 12.7. The molecule has 1 unspecified atom stereocenters. The number of carbonyl (C=O) groups excluding carboxylic acids is 1. The van der Waals surface area contributed by atoms with Crippen molar-refractivity contribution in [3.8, 4) is 5.75 Å². The van der Waals surface area contributed by atoms with Crippen molar-refractivity contribution in [2.45, 2.75) is 45.9 Å². The van der Waals surface area contributed by atoms with Gasteiger partial charge in [0.1, 0.15) is 17.2 Å². The van der Waals surface area contributed by atoms with Crippen LogP contribution in [-0.2, 0) is 11.3 Å². The zero-order valence-corrected chi connectivity index (χ0v) is 23.3. The van der Waals surface area contributed by atoms with Crippen LogP contribution >= 0.6 is 11.6 Å². The number of hydrogen-bond acceptors (Lipinski definition) is 6. The number of piperazine rings is 1. The number of methoxy groups -OCH3 is 1. The third-order valence-electron chi connectivity index (χ3n) is 7.00. The van der Waals surface area contributed by atoms with Gasteiger partial charge in [-0.05, 0) is 68.7 Å². The van der Waals surface area contributed by atoms with Gasteiger partial charge in [0.15, 0.2) is 0 Å². The molecule has 200 valence electrons. The van der Waals surface area contributed by atoms with Gasteiger partial charge in [0.05, 0.1) is 25.0 Å². The molecule has 0 radical (unpaired) electrons. The summed E-state index contributed by atoms with van der Waals surface area (Å²) in [5.41, 5.74) is 4.76. The fourth-order valence-electron chi connectivity index (χ4n) is 5.12. The Balaban J connectivity index is 1.54. The molecular weight excluding hydrogens is 502 g/mol. The molecule has 9 heteroatoms. The minimum atomic E-state index is -0.523. The van der Waals surface area contributed by atoms with Crippen molar-refractivity contribution in [1.29, 1.82) is 0 Å². The monoisotopic (exact) mass is 535 g/mol. The van der Waals surface area contributed by atoms with Gasteiger partial charge in [-0.1, -0.05) is 17.7 Å². The van der Waals surface area contributed by atoms with E-state index in [9.17, 15) is 4.79 Å². The van der Waals surface area contributed by atoms with E-state index in [4.69, 9.17) is 26.1 Å². The summed E-state index contributed by atoms with van der Waals surface area (Å²) in [6.45, 7) is 10.8. The SMILES string of the molecule is COc1cnc2c(c1)C(Cn1ccnc1C)=Cc1cc(Cl)ccc1C2N1CCN(C(=O)OC(C)(C)C)CC1. The number of hydrogen-bond donors (Lipinski definition) is 0. The molecule has 1 aliphatic heterocycles. The summed E-state index contributed by atoms with van der Waals surface area (Å²) in [5, 5.41) is 0.683. The first-order chi connectivity index (χ1) is 18.1. The average molecular weight is 536 g/mol. The van der Waals surface area contributed by atoms with Gasteiger partial charge < -0.3 is 18.9 Å². The van der Waals surface area contributed by atoms with Crippen molar-refractivity contribution in [2.24, 2.45) is 0 Å². The van der Waals surface area contributed by atoms with Crippen LogP contribution in [-0.4, -0.2) is 69.3 Å². The van der Waals surface area contributed by atoms with Crippen molar-refractivity contribution < 1.29 is 14.3 Å². The molecule has 5 rings (SSSR count). The number of halogens is 1. The van der Waals surface area contributed by atoms with Crippen molar-refractivity contribution in [3.63, 3.8) is 0 Å². The summed E-state index contributed by atoms with van der Waals surface area (Å²) < 4.78 is 13.3. The Kier molecular flexibility index (Phi) is 7.20. The molecule has 3 heterocycles. The first kappa shape index (κ1) is 26.3. The number of pyridine rings is 1. The van der Waals surface area contributed by atoms with E-state index in [1.165, 1.54) is 0 Å². The second-order valence-corrected chi connectivity index (χ2v) is 11.2. The molecule has 2 aromatic heterocycles. The molecule has 0 spiro atoms. The Labute approximate surface area is 228 Å². The van der Waals surface area contributed by atoms with E-state index >= 15 is 0 Å². The Bertz CT molecular complexity index is 1370. The number of aromatic nitrogens is 3. The minimum absolute atomic E-state index is 0.110. The maximum Gasteiger partial charge on any atom is 0.410 e. The van der Waals surface area contributed by atoms with Gasteiger partial charge in [-0.2, -0.15) is 0 Å². The first-order valence-corrected chi connectivity index (χ1v) is 13.2. The highest BCUT2D eigenvalue weighted by Crippen LogP contribution is 2.41. The number of carbonyl (C=O) groups is 1. The van der Waals surface area contributed by atoms with Gasteiger partial charge in [-0.3, -0.25) is 9.88 Å². The quantitative estimate of drug-likeness (QED) is 0.442. The first-order valence-electron chi connectivity index (χ1n) is 12.9. The highest BCUT2D eigenvalue weighted by molar-refractivity contribution is 6.30. The number of aryl methyl sites for hydroxylation is 1. The number of benzene rings is 1. The van der Waals surface area contributed by atoms with Crippen molar-refractivity contribution >= 4 is 29.3 Å². The molecule has 1 amide bonds. The molecule has 1 saturated heterocycles. The number of allylic oxidation sites excluding steroid dienone is 1. The molecule has 1 fully saturated rings. The number of imidazole rings is 1. The third-order valence-corrected chi connectivity index (χ3v) is 7.24. The summed E-state index contributed by atoms with van der Waals surface area (Å²) in [4.78, 5) is 26.3. The number of fused-ring (bicyclic) bond motifs is 2. The minimum Gasteiger partial charge on any atom is -0.495 e. The lowest BCUT2D eigenvalue weighted by Crippen LogP contribution is -2.51. The summed E-state index contributed by atoms with van der Waals surface area (Å²) >= 11 is 6.49. The van der Waals surface area contributed by atoms with Crippen LogP contribution in [0, 0.1) is 6.92 Å². The fourth-order valence-corrected chi connectivity index (χ4v) is 5.30. The Morgan fingerprint density at radius 2 is 1.89 bits per heavy atom. The van der Waals surface area contributed by atoms with Gasteiger partial charge in [0, 0.05) is 55.7 Å². The van der Waals surface area contributed by atoms with Crippen LogP contribution in [0.2, 0.25) is 5.02 Å². The lowest BCUT2D eigenvalue weighted by Gasteiger charge is -2.40. The van der Waals surface area contributed by atoms with Crippen LogP contribution in [0.4, 0.5) is 4.79 Å². The molecule has 0 bridgehead atoms. The maximum absolute atomic E-state index is 12.7. The molecule has 1 aromatic carbocycles. The van der Waals surface area contributed by atoms with E-state index in [1.807, 2.05) is 52.2 Å². The zero-order valence-electron chi connectivity index (χ0n) is 22.6. The van der Waals surface area contributed by atoms with Gasteiger partial charge in [-0.15, -0.1) is 0 Å². The summed E-state index contributed by atoms with van der Waals surface area (Å²) in [6, 6.07) is 8.01. The van der Waals surface area contributed by atoms with E-state index < -0.39 is 5.60 Å². The van der Waals surface area contributed by atoms with Gasteiger partial charge in [0.25, 0.3) is 0 Å². The van der Waals surface area contributed by atoms with E-state index in [-0.39, 0.29) is 12.1 Å². The third kappa shape index (κ3) is 5.42. The van der Waals surface area contributed by atoms with Gasteiger partial charge in [-0.25, -0.2) is 9.78 Å². The number of rotatable bonds is 4. The standard InChI is InChI=1S/C29H34ClN5O3/c1-19-31-8-9-35(19)18-21-14-20-15-22(30)6-7-24(20)27(26-25(21)16-23(37-5)17-32-26)33-10-12-34(13-11-33)28(36)38-29(2,3)4/h6-9,14-17,27H,10-13,18H2,1-5H3. The predicted octanol–water partition coefficient (Wildman–Crippen LogP) is 5.44. The highest BCUT2D eigenvalue weighted by atomic mass is 35.5. The van der Waals surface area contributed by atoms with Crippen LogP contribution in [0.15, 0.2) is 42.9 Å². The second kappa shape index (κ2) is 10.4. The average Bonchev–Trinajstić information content (AvgIpc) is 3.22. The second-order valence-electron chi connectivity index (χ2n) is 10.8. The summed E-state index contributed by atoms with van der Waals surface area (Å²) in [7, 11) is 1.66. The molecular formula is C29H34ClN5O3. The largest absolute Gasteiger partial charge is 0.495 e. The summed E-state index contributed by atoms with van der Waals surface area (Å²) in [6.07, 6.45) is 7.52. The Morgan fingerprint density at radius 3 is 2.55 bits per heavy atom.